The molecule has 4 nitrogen and oxygen atoms in total. The SMILES string of the molecule is Cc1c(C(F)(F)F)nc(-c2ccc(CN3C[C@H]4CC[C@H]3C4)cc2)[nH]c1=O. The van der Waals surface area contributed by atoms with Crippen molar-refractivity contribution in [2.75, 3.05) is 6.54 Å². The summed E-state index contributed by atoms with van der Waals surface area (Å²) < 4.78 is 39.2. The summed E-state index contributed by atoms with van der Waals surface area (Å²) in [4.78, 5) is 20.4. The van der Waals surface area contributed by atoms with Crippen molar-refractivity contribution in [1.29, 1.82) is 0 Å². The minimum Gasteiger partial charge on any atom is -0.306 e. The first kappa shape index (κ1) is 17.3. The van der Waals surface area contributed by atoms with Gasteiger partial charge >= 0.3 is 6.18 Å². The Bertz CT molecular complexity index is 873. The highest BCUT2D eigenvalue weighted by Gasteiger charge is 2.37. The molecule has 1 N–H and O–H groups in total. The minimum absolute atomic E-state index is 0.0558. The van der Waals surface area contributed by atoms with Gasteiger partial charge in [0.1, 0.15) is 5.82 Å². The summed E-state index contributed by atoms with van der Waals surface area (Å²) in [5.74, 6) is 0.765. The molecule has 7 heteroatoms. The van der Waals surface area contributed by atoms with Crippen molar-refractivity contribution >= 4 is 0 Å². The molecule has 2 heterocycles. The van der Waals surface area contributed by atoms with Crippen molar-refractivity contribution in [2.24, 2.45) is 5.92 Å². The second-order valence-corrected chi connectivity index (χ2v) is 7.35. The van der Waals surface area contributed by atoms with E-state index in [2.05, 4.69) is 14.9 Å². The average molecular weight is 363 g/mol. The van der Waals surface area contributed by atoms with E-state index in [9.17, 15) is 18.0 Å². The van der Waals surface area contributed by atoms with E-state index in [0.29, 0.717) is 11.6 Å². The van der Waals surface area contributed by atoms with E-state index >= 15 is 0 Å². The maximum absolute atomic E-state index is 13.1. The first-order valence-electron chi connectivity index (χ1n) is 8.83. The molecule has 1 aliphatic carbocycles. The predicted molar refractivity (Wildman–Crippen MR) is 91.6 cm³/mol. The molecular formula is C19H20F3N3O. The van der Waals surface area contributed by atoms with Crippen molar-refractivity contribution in [3.8, 4) is 11.4 Å². The molecule has 2 bridgehead atoms. The highest BCUT2D eigenvalue weighted by Crippen LogP contribution is 2.38. The van der Waals surface area contributed by atoms with Crippen LogP contribution in [0.5, 0.6) is 0 Å². The number of fused-ring (bicyclic) bond motifs is 2. The van der Waals surface area contributed by atoms with E-state index in [-0.39, 0.29) is 5.82 Å². The number of H-pyrrole nitrogens is 1. The number of likely N-dealkylation sites (tertiary alicyclic amines) is 1. The number of benzene rings is 1. The Morgan fingerprint density at radius 3 is 2.54 bits per heavy atom. The number of rotatable bonds is 3. The van der Waals surface area contributed by atoms with Crippen molar-refractivity contribution < 1.29 is 13.2 Å². The average Bonchev–Trinajstić information content (AvgIpc) is 3.20. The Hall–Kier alpha value is -2.15. The molecule has 0 radical (unpaired) electrons. The summed E-state index contributed by atoms with van der Waals surface area (Å²) >= 11 is 0. The number of hydrogen-bond acceptors (Lipinski definition) is 3. The number of nitrogens with zero attached hydrogens (tertiary/aromatic N) is 2. The van der Waals surface area contributed by atoms with Crippen LogP contribution in [-0.2, 0) is 12.7 Å². The van der Waals surface area contributed by atoms with Crippen LogP contribution in [0.2, 0.25) is 0 Å². The van der Waals surface area contributed by atoms with Gasteiger partial charge in [0.25, 0.3) is 5.56 Å². The van der Waals surface area contributed by atoms with Gasteiger partial charge in [-0.3, -0.25) is 9.69 Å². The third kappa shape index (κ3) is 3.16. The lowest BCUT2D eigenvalue weighted by Crippen LogP contribution is -2.31. The predicted octanol–water partition coefficient (Wildman–Crippen LogP) is 3.75. The topological polar surface area (TPSA) is 49.0 Å². The van der Waals surface area contributed by atoms with Crippen molar-refractivity contribution in [2.45, 2.75) is 44.9 Å². The molecule has 0 unspecified atom stereocenters. The number of alkyl halides is 3. The number of aromatic nitrogens is 2. The van der Waals surface area contributed by atoms with E-state index < -0.39 is 23.0 Å². The standard InChI is InChI=1S/C19H20F3N3O/c1-11-16(19(20,21)22)23-17(24-18(11)26)14-5-2-12(3-6-14)9-25-10-13-4-7-15(25)8-13/h2-3,5-6,13,15H,4,7-10H2,1H3,(H,23,24,26)/t13-,15-/m0/s1. The zero-order chi connectivity index (χ0) is 18.5. The van der Waals surface area contributed by atoms with Gasteiger partial charge in [-0.25, -0.2) is 4.98 Å². The van der Waals surface area contributed by atoms with Gasteiger partial charge in [0.2, 0.25) is 0 Å². The zero-order valence-corrected chi connectivity index (χ0v) is 14.4. The summed E-state index contributed by atoms with van der Waals surface area (Å²) in [5, 5.41) is 0. The van der Waals surface area contributed by atoms with E-state index in [1.165, 1.54) is 19.3 Å². The molecule has 2 fully saturated rings. The molecule has 0 amide bonds. The number of hydrogen-bond donors (Lipinski definition) is 1. The molecule has 1 saturated carbocycles. The highest BCUT2D eigenvalue weighted by molar-refractivity contribution is 5.55. The third-order valence-corrected chi connectivity index (χ3v) is 5.56. The normalized spacial score (nSPS) is 22.9. The van der Waals surface area contributed by atoms with Gasteiger partial charge < -0.3 is 4.98 Å². The first-order chi connectivity index (χ1) is 12.3. The fourth-order valence-electron chi connectivity index (χ4n) is 4.17. The Morgan fingerprint density at radius 1 is 1.23 bits per heavy atom. The first-order valence-corrected chi connectivity index (χ1v) is 8.83. The van der Waals surface area contributed by atoms with Gasteiger partial charge in [0, 0.05) is 30.3 Å². The quantitative estimate of drug-likeness (QED) is 0.904. The monoisotopic (exact) mass is 363 g/mol. The molecule has 1 aliphatic heterocycles. The maximum atomic E-state index is 13.1. The summed E-state index contributed by atoms with van der Waals surface area (Å²) in [6.45, 7) is 3.12. The van der Waals surface area contributed by atoms with Crippen LogP contribution in [0.15, 0.2) is 29.1 Å². The van der Waals surface area contributed by atoms with Crippen LogP contribution in [-0.4, -0.2) is 27.5 Å². The molecule has 1 aromatic heterocycles. The van der Waals surface area contributed by atoms with Crippen LogP contribution in [0.25, 0.3) is 11.4 Å². The molecule has 26 heavy (non-hydrogen) atoms. The van der Waals surface area contributed by atoms with Crippen molar-refractivity contribution in [3.05, 3.63) is 51.4 Å². The summed E-state index contributed by atoms with van der Waals surface area (Å²) in [6.07, 6.45) is -0.777. The van der Waals surface area contributed by atoms with Crippen LogP contribution < -0.4 is 5.56 Å². The van der Waals surface area contributed by atoms with E-state index in [0.717, 1.165) is 31.5 Å². The number of aromatic amines is 1. The molecule has 138 valence electrons. The fraction of sp³-hybridized carbons (Fsp3) is 0.474. The third-order valence-electron chi connectivity index (χ3n) is 5.56. The summed E-state index contributed by atoms with van der Waals surface area (Å²) in [6, 6.07) is 7.90. The number of halogens is 3. The van der Waals surface area contributed by atoms with E-state index in [1.807, 2.05) is 12.1 Å². The second-order valence-electron chi connectivity index (χ2n) is 7.35. The molecule has 2 atom stereocenters. The van der Waals surface area contributed by atoms with Gasteiger partial charge in [-0.2, -0.15) is 13.2 Å². The highest BCUT2D eigenvalue weighted by atomic mass is 19.4. The lowest BCUT2D eigenvalue weighted by Gasteiger charge is -2.26. The Morgan fingerprint density at radius 2 is 1.96 bits per heavy atom. The Labute approximate surface area is 149 Å². The van der Waals surface area contributed by atoms with Crippen LogP contribution in [0.4, 0.5) is 13.2 Å². The molecular weight excluding hydrogens is 343 g/mol. The summed E-state index contributed by atoms with van der Waals surface area (Å²) in [7, 11) is 0. The molecule has 1 aromatic carbocycles. The molecule has 4 rings (SSSR count). The van der Waals surface area contributed by atoms with Gasteiger partial charge in [-0.15, -0.1) is 0 Å². The summed E-state index contributed by atoms with van der Waals surface area (Å²) in [5.41, 5.74) is -0.721. The smallest absolute Gasteiger partial charge is 0.306 e. The lowest BCUT2D eigenvalue weighted by molar-refractivity contribution is -0.141. The molecule has 2 aliphatic rings. The lowest BCUT2D eigenvalue weighted by atomic mass is 10.1. The van der Waals surface area contributed by atoms with E-state index in [1.54, 1.807) is 12.1 Å². The van der Waals surface area contributed by atoms with Crippen molar-refractivity contribution in [1.82, 2.24) is 14.9 Å². The maximum Gasteiger partial charge on any atom is 0.433 e. The van der Waals surface area contributed by atoms with Gasteiger partial charge in [-0.1, -0.05) is 24.3 Å². The van der Waals surface area contributed by atoms with Gasteiger partial charge in [0.05, 0.1) is 0 Å². The number of nitrogens with one attached hydrogen (secondary N) is 1. The zero-order valence-electron chi connectivity index (χ0n) is 14.4. The van der Waals surface area contributed by atoms with Crippen LogP contribution in [0.3, 0.4) is 0 Å². The Kier molecular flexibility index (Phi) is 4.14. The van der Waals surface area contributed by atoms with Crippen LogP contribution >= 0.6 is 0 Å². The molecule has 0 spiro atoms. The van der Waals surface area contributed by atoms with Crippen LogP contribution in [0.1, 0.15) is 36.1 Å². The van der Waals surface area contributed by atoms with Crippen LogP contribution in [0, 0.1) is 12.8 Å². The van der Waals surface area contributed by atoms with E-state index in [4.69, 9.17) is 0 Å². The van der Waals surface area contributed by atoms with Gasteiger partial charge in [0.15, 0.2) is 5.69 Å². The molecule has 2 aromatic rings. The van der Waals surface area contributed by atoms with Crippen molar-refractivity contribution in [3.63, 3.8) is 0 Å². The minimum atomic E-state index is -4.65. The fourth-order valence-corrected chi connectivity index (χ4v) is 4.17. The molecule has 1 saturated heterocycles. The second kappa shape index (κ2) is 6.23. The largest absolute Gasteiger partial charge is 0.433 e. The van der Waals surface area contributed by atoms with Gasteiger partial charge in [-0.05, 0) is 37.7 Å². The Balaban J connectivity index is 1.57. The number of piperidine rings is 1.